The second kappa shape index (κ2) is 27.9. The summed E-state index contributed by atoms with van der Waals surface area (Å²) >= 11 is 0. The van der Waals surface area contributed by atoms with Crippen LogP contribution in [-0.4, -0.2) is 15.8 Å². The van der Waals surface area contributed by atoms with Crippen molar-refractivity contribution < 1.29 is 0 Å². The second-order valence-electron chi connectivity index (χ2n) is 44.2. The van der Waals surface area contributed by atoms with Gasteiger partial charge >= 0.3 is 0 Å². The van der Waals surface area contributed by atoms with Crippen LogP contribution >= 0.6 is 0 Å². The quantitative estimate of drug-likeness (QED) is 0.141. The molecule has 0 N–H and O–H groups in total. The van der Waals surface area contributed by atoms with Crippen molar-refractivity contribution in [1.29, 1.82) is 0 Å². The van der Waals surface area contributed by atoms with Gasteiger partial charge in [0, 0.05) is 66.8 Å². The number of nitrogens with zero attached hydrogens (tertiary/aromatic N) is 4. The average molecular weight is 1560 g/mol. The lowest BCUT2D eigenvalue weighted by Crippen LogP contribution is -2.61. The fourth-order valence-corrected chi connectivity index (χ4v) is 18.6. The fourth-order valence-electron chi connectivity index (χ4n) is 18.6. The van der Waals surface area contributed by atoms with Crippen molar-refractivity contribution >= 4 is 101 Å². The minimum absolute atomic E-state index is 0.0659. The molecule has 0 bridgehead atoms. The molecule has 0 radical (unpaired) electrons. The maximum absolute atomic E-state index is 2.75. The molecule has 119 heavy (non-hydrogen) atoms. The van der Waals surface area contributed by atoms with Crippen LogP contribution in [0.15, 0.2) is 255 Å². The Balaban J connectivity index is 1.05. The Labute approximate surface area is 711 Å². The smallest absolute Gasteiger partial charge is 0.252 e. The second-order valence-corrected chi connectivity index (χ2v) is 44.2. The van der Waals surface area contributed by atoms with E-state index in [-0.39, 0.29) is 55.4 Å². The van der Waals surface area contributed by atoms with Gasteiger partial charge in [-0.3, -0.25) is 0 Å². The van der Waals surface area contributed by atoms with Crippen LogP contribution in [0.1, 0.15) is 237 Å². The van der Waals surface area contributed by atoms with Crippen molar-refractivity contribution in [2.45, 2.75) is 236 Å². The summed E-state index contributed by atoms with van der Waals surface area (Å²) in [7, 11) is 0. The largest absolute Gasteiger partial charge is 0.311 e. The topological polar surface area (TPSA) is 16.3 Å². The average Bonchev–Trinajstić information content (AvgIpc) is 0.878. The number of rotatable bonds is 8. The van der Waals surface area contributed by atoms with Crippen molar-refractivity contribution in [3.8, 4) is 55.9 Å². The van der Waals surface area contributed by atoms with Gasteiger partial charge in [-0.1, -0.05) is 345 Å². The molecule has 0 saturated carbocycles. The molecule has 15 aromatic rings. The zero-order valence-corrected chi connectivity index (χ0v) is 76.1. The molecule has 17 rings (SSSR count). The van der Waals surface area contributed by atoms with Crippen LogP contribution in [0.4, 0.5) is 34.1 Å². The highest BCUT2D eigenvalue weighted by atomic mass is 15.2. The first-order chi connectivity index (χ1) is 55.7. The summed E-state index contributed by atoms with van der Waals surface area (Å²) in [6, 6.07) is 102. The van der Waals surface area contributed by atoms with Gasteiger partial charge in [-0.2, -0.15) is 0 Å². The van der Waals surface area contributed by atoms with Crippen molar-refractivity contribution in [2.75, 3.05) is 9.80 Å². The van der Waals surface area contributed by atoms with E-state index in [1.54, 1.807) is 0 Å². The van der Waals surface area contributed by atoms with E-state index in [4.69, 9.17) is 0 Å². The first-order valence-electron chi connectivity index (χ1n) is 43.6. The highest BCUT2D eigenvalue weighted by Gasteiger charge is 2.46. The maximum Gasteiger partial charge on any atom is 0.252 e. The molecule has 0 amide bonds. The predicted molar refractivity (Wildman–Crippen MR) is 519 cm³/mol. The number of anilines is 6. The van der Waals surface area contributed by atoms with Gasteiger partial charge in [0.15, 0.2) is 0 Å². The van der Waals surface area contributed by atoms with Gasteiger partial charge in [-0.05, 0) is 246 Å². The molecular formula is C114H123BN4. The molecular weight excluding hydrogens is 1440 g/mol. The van der Waals surface area contributed by atoms with Gasteiger partial charge < -0.3 is 18.9 Å². The van der Waals surface area contributed by atoms with Gasteiger partial charge in [-0.15, -0.1) is 0 Å². The van der Waals surface area contributed by atoms with Crippen LogP contribution in [0.25, 0.3) is 99.5 Å². The Kier molecular flexibility index (Phi) is 18.9. The fraction of sp³-hybridized carbons (Fsp3) is 0.316. The predicted octanol–water partition coefficient (Wildman–Crippen LogP) is 30.3. The number of benzene rings is 13. The highest BCUT2D eigenvalue weighted by Crippen LogP contribution is 2.54. The molecule has 13 aromatic carbocycles. The normalized spacial score (nSPS) is 13.8. The molecule has 0 fully saturated rings. The highest BCUT2D eigenvalue weighted by molar-refractivity contribution is 7.00. The van der Waals surface area contributed by atoms with Crippen LogP contribution in [-0.2, 0) is 48.7 Å². The zero-order chi connectivity index (χ0) is 84.9. The summed E-state index contributed by atoms with van der Waals surface area (Å²) in [6.07, 6.45) is 0. The summed E-state index contributed by atoms with van der Waals surface area (Å²) in [4.78, 5) is 5.50. The molecule has 0 atom stereocenters. The summed E-state index contributed by atoms with van der Waals surface area (Å²) in [5.41, 5.74) is 37.7. The molecule has 4 heterocycles. The van der Waals surface area contributed by atoms with E-state index in [9.17, 15) is 0 Å². The Morgan fingerprint density at radius 1 is 0.193 bits per heavy atom. The number of fused-ring (bicyclic) bond motifs is 10. The van der Waals surface area contributed by atoms with Crippen molar-refractivity contribution in [3.63, 3.8) is 0 Å². The van der Waals surface area contributed by atoms with Crippen molar-refractivity contribution in [1.82, 2.24) is 9.13 Å². The lowest BCUT2D eigenvalue weighted by molar-refractivity contribution is 0.590. The van der Waals surface area contributed by atoms with E-state index < -0.39 is 0 Å². The molecule has 0 unspecified atom stereocenters. The third kappa shape index (κ3) is 14.4. The molecule has 2 aromatic heterocycles. The number of aromatic nitrogens is 2. The molecule has 2 aliphatic rings. The van der Waals surface area contributed by atoms with E-state index >= 15 is 0 Å². The molecule has 2 aliphatic heterocycles. The van der Waals surface area contributed by atoms with Crippen LogP contribution < -0.4 is 26.2 Å². The molecule has 602 valence electrons. The van der Waals surface area contributed by atoms with Gasteiger partial charge in [0.2, 0.25) is 0 Å². The molecule has 5 heteroatoms. The first-order valence-corrected chi connectivity index (χ1v) is 43.6. The zero-order valence-electron chi connectivity index (χ0n) is 76.1. The molecule has 0 spiro atoms. The summed E-state index contributed by atoms with van der Waals surface area (Å²) < 4.78 is 5.17. The first kappa shape index (κ1) is 80.5. The lowest BCUT2D eigenvalue weighted by atomic mass is 9.33. The Morgan fingerprint density at radius 2 is 0.454 bits per heavy atom. The van der Waals surface area contributed by atoms with Crippen LogP contribution in [0.3, 0.4) is 0 Å². The van der Waals surface area contributed by atoms with E-state index in [1.165, 1.54) is 144 Å². The van der Waals surface area contributed by atoms with Crippen LogP contribution in [0.2, 0.25) is 0 Å². The number of hydrogen-bond donors (Lipinski definition) is 0. The Hall–Kier alpha value is -10.9. The van der Waals surface area contributed by atoms with Gasteiger partial charge in [0.05, 0.1) is 33.4 Å². The third-order valence-corrected chi connectivity index (χ3v) is 26.1. The van der Waals surface area contributed by atoms with Crippen molar-refractivity contribution in [3.05, 3.63) is 305 Å². The lowest BCUT2D eigenvalue weighted by Gasteiger charge is -2.46. The van der Waals surface area contributed by atoms with Crippen LogP contribution in [0.5, 0.6) is 0 Å². The third-order valence-electron chi connectivity index (χ3n) is 26.1. The van der Waals surface area contributed by atoms with E-state index in [0.29, 0.717) is 0 Å². The van der Waals surface area contributed by atoms with Gasteiger partial charge in [0.1, 0.15) is 0 Å². The van der Waals surface area contributed by atoms with E-state index in [2.05, 4.69) is 461 Å². The SMILES string of the molecule is CC(C)(C)c1cccc(-c2ccc(-c3cccc(C(C)(C)C)c3)c(N3c4cc(-n5c6ccc(C(C)(C)C)cc6c6cc(C(C)(C)C)ccc65)ccc4B4c5ccc(-n6c7ccc(C(C)(C)C)cc7c7cc(C(C)(C)C)ccc76)cc5N(c5cc(-c6cccc(C(C)(C)C)c6)ccc5-c5cccc(C(C)(C)C)c5)c5cc(C(C)(C)C)cc3c54)c2)c1. The standard InChI is InChI=1S/C114H123BN4/c1-106(2,3)76-36-28-32-70(56-76)72-40-48-87(74-34-30-38-78(58-74)108(7,8)9)99(60-72)118-101-68-85(116-95-52-42-80(110(13,14)15)62-89(95)90-63-81(111(16,17)18)43-53-96(90)116)46-50-93(101)115-94-51-47-86(117-97-54-44-82(112(19,20)21)64-91(97)92-65-83(113(22,23)24)45-55-98(92)117)69-102(94)119(104-67-84(114(25,26)27)66-103(118)105(104)115)100-61-73(71-33-29-37-77(57-71)107(4,5)6)41-49-88(100)75-35-31-39-79(59-75)109(10,11)12/h28-69H,1-27H3. The minimum atomic E-state index is -0.345. The molecule has 0 saturated heterocycles. The Morgan fingerprint density at radius 3 is 0.739 bits per heavy atom. The Bertz CT molecular complexity index is 6080. The number of hydrogen-bond acceptors (Lipinski definition) is 2. The van der Waals surface area contributed by atoms with Crippen molar-refractivity contribution in [2.24, 2.45) is 0 Å². The van der Waals surface area contributed by atoms with Crippen LogP contribution in [0, 0.1) is 0 Å². The minimum Gasteiger partial charge on any atom is -0.311 e. The van der Waals surface area contributed by atoms with E-state index in [1.807, 2.05) is 0 Å². The van der Waals surface area contributed by atoms with E-state index in [0.717, 1.165) is 56.4 Å². The van der Waals surface area contributed by atoms with Gasteiger partial charge in [0.25, 0.3) is 6.71 Å². The maximum atomic E-state index is 2.75. The molecule has 4 nitrogen and oxygen atoms in total. The summed E-state index contributed by atoms with van der Waals surface area (Å²) in [5.74, 6) is 0. The summed E-state index contributed by atoms with van der Waals surface area (Å²) in [6.45, 7) is 63.2. The monoisotopic (exact) mass is 1560 g/mol. The molecule has 0 aliphatic carbocycles. The summed E-state index contributed by atoms with van der Waals surface area (Å²) in [5, 5.41) is 5.07. The van der Waals surface area contributed by atoms with Gasteiger partial charge in [-0.25, -0.2) is 0 Å².